The molecular weight excluding hydrogens is 272 g/mol. The number of benzene rings is 1. The van der Waals surface area contributed by atoms with E-state index in [1.165, 1.54) is 5.56 Å². The molecule has 20 heavy (non-hydrogen) atoms. The lowest BCUT2D eigenvalue weighted by Gasteiger charge is -2.11. The van der Waals surface area contributed by atoms with E-state index in [1.54, 1.807) is 0 Å². The van der Waals surface area contributed by atoms with Crippen molar-refractivity contribution in [1.82, 2.24) is 9.78 Å². The fraction of sp³-hybridized carbons (Fsp3) is 0.438. The van der Waals surface area contributed by atoms with Crippen LogP contribution in [0.5, 0.6) is 5.75 Å². The van der Waals surface area contributed by atoms with E-state index >= 15 is 0 Å². The van der Waals surface area contributed by atoms with Crippen LogP contribution in [0.1, 0.15) is 36.4 Å². The number of halogens is 1. The van der Waals surface area contributed by atoms with Crippen LogP contribution in [0.4, 0.5) is 0 Å². The molecule has 0 aliphatic heterocycles. The standard InChI is InChI=1S/C16H21ClN2O/c1-5-13-16(17)14(19(6-2)18-13)10-20-15-9-11(3)7-8-12(15)4/h7-9H,5-6,10H2,1-4H3. The van der Waals surface area contributed by atoms with E-state index in [9.17, 15) is 0 Å². The Labute approximate surface area is 125 Å². The molecule has 0 fully saturated rings. The molecule has 0 amide bonds. The third-order valence-electron chi connectivity index (χ3n) is 3.40. The number of hydrogen-bond acceptors (Lipinski definition) is 2. The van der Waals surface area contributed by atoms with Crippen molar-refractivity contribution in [3.05, 3.63) is 45.7 Å². The first kappa shape index (κ1) is 14.9. The van der Waals surface area contributed by atoms with Gasteiger partial charge in [-0.05, 0) is 44.4 Å². The molecule has 1 heterocycles. The Bertz CT molecular complexity index is 605. The largest absolute Gasteiger partial charge is 0.487 e. The van der Waals surface area contributed by atoms with Crippen molar-refractivity contribution in [2.75, 3.05) is 0 Å². The first-order chi connectivity index (χ1) is 9.56. The summed E-state index contributed by atoms with van der Waals surface area (Å²) in [5.74, 6) is 0.906. The van der Waals surface area contributed by atoms with Gasteiger partial charge in [0.1, 0.15) is 12.4 Å². The highest BCUT2D eigenvalue weighted by atomic mass is 35.5. The molecular formula is C16H21ClN2O. The van der Waals surface area contributed by atoms with Gasteiger partial charge in [-0.15, -0.1) is 0 Å². The first-order valence-electron chi connectivity index (χ1n) is 7.00. The molecule has 3 nitrogen and oxygen atoms in total. The number of ether oxygens (including phenoxy) is 1. The van der Waals surface area contributed by atoms with Gasteiger partial charge < -0.3 is 4.74 Å². The molecule has 108 valence electrons. The Morgan fingerprint density at radius 3 is 2.65 bits per heavy atom. The zero-order valence-electron chi connectivity index (χ0n) is 12.5. The molecule has 1 aromatic carbocycles. The van der Waals surface area contributed by atoms with Crippen LogP contribution in [-0.4, -0.2) is 9.78 Å². The molecule has 0 saturated heterocycles. The van der Waals surface area contributed by atoms with E-state index < -0.39 is 0 Å². The molecule has 0 saturated carbocycles. The predicted molar refractivity (Wildman–Crippen MR) is 82.5 cm³/mol. The molecule has 0 radical (unpaired) electrons. The lowest BCUT2D eigenvalue weighted by atomic mass is 10.1. The van der Waals surface area contributed by atoms with Gasteiger partial charge in [-0.25, -0.2) is 0 Å². The zero-order chi connectivity index (χ0) is 14.7. The molecule has 2 rings (SSSR count). The van der Waals surface area contributed by atoms with Crippen LogP contribution in [0.15, 0.2) is 18.2 Å². The highest BCUT2D eigenvalue weighted by Gasteiger charge is 2.15. The zero-order valence-corrected chi connectivity index (χ0v) is 13.3. The van der Waals surface area contributed by atoms with Crippen molar-refractivity contribution in [2.45, 2.75) is 47.3 Å². The van der Waals surface area contributed by atoms with Crippen LogP contribution in [0.25, 0.3) is 0 Å². The minimum atomic E-state index is 0.448. The maximum absolute atomic E-state index is 6.38. The van der Waals surface area contributed by atoms with Gasteiger partial charge >= 0.3 is 0 Å². The average Bonchev–Trinajstić information content (AvgIpc) is 2.75. The van der Waals surface area contributed by atoms with E-state index in [-0.39, 0.29) is 0 Å². The molecule has 0 aliphatic rings. The summed E-state index contributed by atoms with van der Waals surface area (Å²) in [6.45, 7) is 9.47. The Kier molecular flexibility index (Phi) is 4.71. The third kappa shape index (κ3) is 2.98. The molecule has 0 spiro atoms. The number of aromatic nitrogens is 2. The Hall–Kier alpha value is -1.48. The summed E-state index contributed by atoms with van der Waals surface area (Å²) in [5.41, 5.74) is 4.21. The van der Waals surface area contributed by atoms with E-state index in [2.05, 4.69) is 44.1 Å². The third-order valence-corrected chi connectivity index (χ3v) is 3.84. The van der Waals surface area contributed by atoms with Gasteiger partial charge in [0.25, 0.3) is 0 Å². The minimum Gasteiger partial charge on any atom is -0.487 e. The summed E-state index contributed by atoms with van der Waals surface area (Å²) in [6.07, 6.45) is 0.836. The Morgan fingerprint density at radius 2 is 2.00 bits per heavy atom. The topological polar surface area (TPSA) is 27.1 Å². The second-order valence-electron chi connectivity index (χ2n) is 4.93. The average molecular weight is 293 g/mol. The van der Waals surface area contributed by atoms with Crippen molar-refractivity contribution >= 4 is 11.6 Å². The van der Waals surface area contributed by atoms with E-state index in [1.807, 2.05) is 11.6 Å². The lowest BCUT2D eigenvalue weighted by molar-refractivity contribution is 0.290. The highest BCUT2D eigenvalue weighted by molar-refractivity contribution is 6.31. The van der Waals surface area contributed by atoms with Crippen molar-refractivity contribution in [3.8, 4) is 5.75 Å². The predicted octanol–water partition coefficient (Wildman–Crippen LogP) is 4.31. The van der Waals surface area contributed by atoms with Crippen molar-refractivity contribution in [1.29, 1.82) is 0 Å². The number of hydrogen-bond donors (Lipinski definition) is 0. The van der Waals surface area contributed by atoms with Crippen LogP contribution in [0.2, 0.25) is 5.02 Å². The summed E-state index contributed by atoms with van der Waals surface area (Å²) in [7, 11) is 0. The van der Waals surface area contributed by atoms with Gasteiger partial charge in [0.15, 0.2) is 0 Å². The quantitative estimate of drug-likeness (QED) is 0.821. The van der Waals surface area contributed by atoms with Crippen molar-refractivity contribution in [2.24, 2.45) is 0 Å². The normalized spacial score (nSPS) is 10.8. The van der Waals surface area contributed by atoms with Crippen molar-refractivity contribution < 1.29 is 4.74 Å². The summed E-state index contributed by atoms with van der Waals surface area (Å²) >= 11 is 6.38. The highest BCUT2D eigenvalue weighted by Crippen LogP contribution is 2.25. The smallest absolute Gasteiger partial charge is 0.131 e. The lowest BCUT2D eigenvalue weighted by Crippen LogP contribution is -2.07. The molecule has 0 aliphatic carbocycles. The Morgan fingerprint density at radius 1 is 1.25 bits per heavy atom. The fourth-order valence-corrected chi connectivity index (χ4v) is 2.49. The van der Waals surface area contributed by atoms with Gasteiger partial charge in [0.05, 0.1) is 16.4 Å². The summed E-state index contributed by atoms with van der Waals surface area (Å²) in [6, 6.07) is 6.21. The van der Waals surface area contributed by atoms with Gasteiger partial charge in [-0.2, -0.15) is 5.10 Å². The van der Waals surface area contributed by atoms with Crippen LogP contribution >= 0.6 is 11.6 Å². The van der Waals surface area contributed by atoms with Gasteiger partial charge in [0, 0.05) is 6.54 Å². The second kappa shape index (κ2) is 6.31. The molecule has 0 unspecified atom stereocenters. The van der Waals surface area contributed by atoms with Gasteiger partial charge in [-0.1, -0.05) is 30.7 Å². The maximum Gasteiger partial charge on any atom is 0.131 e. The monoisotopic (exact) mass is 292 g/mol. The summed E-state index contributed by atoms with van der Waals surface area (Å²) in [4.78, 5) is 0. The van der Waals surface area contributed by atoms with Crippen molar-refractivity contribution in [3.63, 3.8) is 0 Å². The van der Waals surface area contributed by atoms with Crippen LogP contribution in [-0.2, 0) is 19.6 Å². The molecule has 4 heteroatoms. The first-order valence-corrected chi connectivity index (χ1v) is 7.38. The SMILES string of the molecule is CCc1nn(CC)c(COc2cc(C)ccc2C)c1Cl. The Balaban J connectivity index is 2.22. The fourth-order valence-electron chi connectivity index (χ4n) is 2.16. The number of aryl methyl sites for hydroxylation is 4. The van der Waals surface area contributed by atoms with E-state index in [4.69, 9.17) is 16.3 Å². The van der Waals surface area contributed by atoms with E-state index in [0.717, 1.165) is 40.7 Å². The van der Waals surface area contributed by atoms with Gasteiger partial charge in [0.2, 0.25) is 0 Å². The number of nitrogens with zero attached hydrogens (tertiary/aromatic N) is 2. The molecule has 1 aromatic heterocycles. The molecule has 0 atom stereocenters. The summed E-state index contributed by atoms with van der Waals surface area (Å²) in [5, 5.41) is 5.24. The maximum atomic E-state index is 6.38. The van der Waals surface area contributed by atoms with Crippen LogP contribution in [0, 0.1) is 13.8 Å². The van der Waals surface area contributed by atoms with Gasteiger partial charge in [-0.3, -0.25) is 4.68 Å². The van der Waals surface area contributed by atoms with Crippen LogP contribution < -0.4 is 4.74 Å². The molecule has 2 aromatic rings. The molecule has 0 bridgehead atoms. The summed E-state index contributed by atoms with van der Waals surface area (Å²) < 4.78 is 7.86. The van der Waals surface area contributed by atoms with Crippen LogP contribution in [0.3, 0.4) is 0 Å². The number of rotatable bonds is 5. The minimum absolute atomic E-state index is 0.448. The molecule has 0 N–H and O–H groups in total. The second-order valence-corrected chi connectivity index (χ2v) is 5.31. The van der Waals surface area contributed by atoms with E-state index in [0.29, 0.717) is 6.61 Å².